The number of carboxylic acid groups (broad SMARTS) is 1. The molecule has 2 aromatic carbocycles. The molecular formula is C28H32F3N3O4. The first-order valence-electron chi connectivity index (χ1n) is 12.1. The largest absolute Gasteiger partial charge is 0.573 e. The van der Waals surface area contributed by atoms with Gasteiger partial charge in [0.25, 0.3) is 0 Å². The van der Waals surface area contributed by atoms with Crippen LogP contribution in [-0.4, -0.2) is 40.6 Å². The van der Waals surface area contributed by atoms with Gasteiger partial charge in [0.05, 0.1) is 11.9 Å². The van der Waals surface area contributed by atoms with Crippen LogP contribution in [0.4, 0.5) is 24.7 Å². The van der Waals surface area contributed by atoms with Gasteiger partial charge in [-0.05, 0) is 81.6 Å². The molecule has 0 saturated carbocycles. The van der Waals surface area contributed by atoms with E-state index in [1.165, 1.54) is 26.0 Å². The minimum absolute atomic E-state index is 0.254. The van der Waals surface area contributed by atoms with Crippen molar-refractivity contribution in [3.63, 3.8) is 0 Å². The Labute approximate surface area is 220 Å². The van der Waals surface area contributed by atoms with Crippen molar-refractivity contribution < 1.29 is 32.5 Å². The molecule has 2 N–H and O–H groups in total. The summed E-state index contributed by atoms with van der Waals surface area (Å²) >= 11 is 0. The molecule has 0 bridgehead atoms. The molecule has 0 fully saturated rings. The molecular weight excluding hydrogens is 499 g/mol. The van der Waals surface area contributed by atoms with E-state index in [4.69, 9.17) is 4.74 Å². The van der Waals surface area contributed by atoms with E-state index in [1.807, 2.05) is 43.0 Å². The number of carbonyl (C=O) groups is 1. The maximum Gasteiger partial charge on any atom is 0.573 e. The number of aliphatic carboxylic acids is 1. The summed E-state index contributed by atoms with van der Waals surface area (Å²) in [5.74, 6) is -0.159. The highest BCUT2D eigenvalue weighted by Crippen LogP contribution is 2.25. The summed E-state index contributed by atoms with van der Waals surface area (Å²) in [7, 11) is 0. The number of hydrogen-bond donors (Lipinski definition) is 2. The van der Waals surface area contributed by atoms with Crippen molar-refractivity contribution in [2.24, 2.45) is 0 Å². The molecule has 7 nitrogen and oxygen atoms in total. The van der Waals surface area contributed by atoms with Crippen LogP contribution in [-0.2, 0) is 17.8 Å². The van der Waals surface area contributed by atoms with Gasteiger partial charge in [-0.3, -0.25) is 0 Å². The zero-order valence-electron chi connectivity index (χ0n) is 21.7. The van der Waals surface area contributed by atoms with Crippen LogP contribution in [0.25, 0.3) is 0 Å². The molecule has 0 unspecified atom stereocenters. The monoisotopic (exact) mass is 531 g/mol. The Morgan fingerprint density at radius 3 is 2.03 bits per heavy atom. The molecule has 0 spiro atoms. The fourth-order valence-corrected chi connectivity index (χ4v) is 3.61. The quantitative estimate of drug-likeness (QED) is 0.284. The number of rotatable bonds is 12. The smallest absolute Gasteiger partial charge is 0.478 e. The van der Waals surface area contributed by atoms with E-state index in [1.54, 1.807) is 30.5 Å². The number of carboxylic acids is 1. The molecule has 0 amide bonds. The minimum Gasteiger partial charge on any atom is -0.478 e. The Morgan fingerprint density at radius 1 is 0.947 bits per heavy atom. The molecule has 3 rings (SSSR count). The Bertz CT molecular complexity index is 1180. The van der Waals surface area contributed by atoms with E-state index in [-0.39, 0.29) is 11.8 Å². The molecule has 0 aliphatic carbocycles. The molecule has 38 heavy (non-hydrogen) atoms. The van der Waals surface area contributed by atoms with Crippen LogP contribution in [0.3, 0.4) is 0 Å². The van der Waals surface area contributed by atoms with Crippen molar-refractivity contribution in [2.75, 3.05) is 16.8 Å². The third-order valence-electron chi connectivity index (χ3n) is 5.54. The Morgan fingerprint density at radius 2 is 1.53 bits per heavy atom. The van der Waals surface area contributed by atoms with E-state index in [9.17, 15) is 23.1 Å². The zero-order valence-corrected chi connectivity index (χ0v) is 21.7. The van der Waals surface area contributed by atoms with Crippen LogP contribution in [0.2, 0.25) is 0 Å². The summed E-state index contributed by atoms with van der Waals surface area (Å²) < 4.78 is 47.1. The third-order valence-corrected chi connectivity index (χ3v) is 5.54. The van der Waals surface area contributed by atoms with Crippen molar-refractivity contribution in [3.05, 3.63) is 78.0 Å². The highest BCUT2D eigenvalue weighted by atomic mass is 19.4. The molecule has 1 heterocycles. The summed E-state index contributed by atoms with van der Waals surface area (Å²) in [6, 6.07) is 17.1. The number of anilines is 2. The topological polar surface area (TPSA) is 83.9 Å². The summed E-state index contributed by atoms with van der Waals surface area (Å²) in [6.45, 7) is 8.03. The molecule has 0 aliphatic heterocycles. The fraction of sp³-hybridized carbons (Fsp3) is 0.357. The molecule has 3 aromatic rings. The van der Waals surface area contributed by atoms with Crippen LogP contribution < -0.4 is 19.7 Å². The van der Waals surface area contributed by atoms with Crippen molar-refractivity contribution in [1.29, 1.82) is 0 Å². The molecule has 0 radical (unpaired) electrons. The fourth-order valence-electron chi connectivity index (χ4n) is 3.61. The number of alkyl halides is 3. The lowest BCUT2D eigenvalue weighted by atomic mass is 10.1. The van der Waals surface area contributed by atoms with Crippen LogP contribution in [0.15, 0.2) is 66.9 Å². The summed E-state index contributed by atoms with van der Waals surface area (Å²) in [4.78, 5) is 17.9. The van der Waals surface area contributed by atoms with Gasteiger partial charge in [-0.15, -0.1) is 13.2 Å². The second kappa shape index (κ2) is 12.1. The second-order valence-corrected chi connectivity index (χ2v) is 9.63. The lowest BCUT2D eigenvalue weighted by Crippen LogP contribution is -2.37. The molecule has 10 heteroatoms. The molecule has 0 saturated heterocycles. The normalized spacial score (nSPS) is 11.8. The number of benzene rings is 2. The Balaban J connectivity index is 1.74. The van der Waals surface area contributed by atoms with Crippen LogP contribution in [0.5, 0.6) is 11.5 Å². The number of ether oxygens (including phenoxy) is 2. The number of halogens is 3. The SMILES string of the molecule is CC(C)Nc1ccc(N(CCc2ccc(OC(C)(C)C(=O)O)cc2)Cc2ccc(OC(F)(F)F)cc2)nc1. The van der Waals surface area contributed by atoms with Gasteiger partial charge in [-0.25, -0.2) is 9.78 Å². The van der Waals surface area contributed by atoms with Gasteiger partial charge < -0.3 is 24.8 Å². The molecule has 204 valence electrons. The first-order chi connectivity index (χ1) is 17.8. The van der Waals surface area contributed by atoms with Crippen LogP contribution in [0, 0.1) is 0 Å². The van der Waals surface area contributed by atoms with E-state index in [0.717, 1.165) is 22.6 Å². The summed E-state index contributed by atoms with van der Waals surface area (Å²) in [5, 5.41) is 12.6. The number of nitrogens with one attached hydrogen (secondary N) is 1. The molecule has 1 aromatic heterocycles. The van der Waals surface area contributed by atoms with Gasteiger partial charge in [0.15, 0.2) is 5.60 Å². The van der Waals surface area contributed by atoms with Gasteiger partial charge >= 0.3 is 12.3 Å². The van der Waals surface area contributed by atoms with Gasteiger partial charge in [0, 0.05) is 19.1 Å². The summed E-state index contributed by atoms with van der Waals surface area (Å²) in [6.07, 6.45) is -2.35. The van der Waals surface area contributed by atoms with E-state index < -0.39 is 17.9 Å². The Hall–Kier alpha value is -3.95. The molecule has 0 aliphatic rings. The lowest BCUT2D eigenvalue weighted by molar-refractivity contribution is -0.274. The van der Waals surface area contributed by atoms with E-state index >= 15 is 0 Å². The maximum atomic E-state index is 12.5. The van der Waals surface area contributed by atoms with E-state index in [2.05, 4.69) is 15.0 Å². The average molecular weight is 532 g/mol. The molecule has 0 atom stereocenters. The zero-order chi connectivity index (χ0) is 27.9. The predicted molar refractivity (Wildman–Crippen MR) is 140 cm³/mol. The van der Waals surface area contributed by atoms with Gasteiger partial charge in [-0.2, -0.15) is 0 Å². The third kappa shape index (κ3) is 8.86. The predicted octanol–water partition coefficient (Wildman–Crippen LogP) is 6.29. The van der Waals surface area contributed by atoms with Crippen molar-refractivity contribution in [2.45, 2.75) is 58.7 Å². The van der Waals surface area contributed by atoms with Crippen molar-refractivity contribution >= 4 is 17.5 Å². The highest BCUT2D eigenvalue weighted by molar-refractivity contribution is 5.76. The van der Waals surface area contributed by atoms with Crippen molar-refractivity contribution in [1.82, 2.24) is 4.98 Å². The number of nitrogens with zero attached hydrogens (tertiary/aromatic N) is 2. The first kappa shape index (κ1) is 28.6. The second-order valence-electron chi connectivity index (χ2n) is 9.63. The number of aromatic nitrogens is 1. The van der Waals surface area contributed by atoms with Gasteiger partial charge in [-0.1, -0.05) is 24.3 Å². The first-order valence-corrected chi connectivity index (χ1v) is 12.1. The summed E-state index contributed by atoms with van der Waals surface area (Å²) in [5.41, 5.74) is 1.34. The van der Waals surface area contributed by atoms with Crippen LogP contribution >= 0.6 is 0 Å². The Kier molecular flexibility index (Phi) is 9.08. The number of hydrogen-bond acceptors (Lipinski definition) is 6. The average Bonchev–Trinajstić information content (AvgIpc) is 2.83. The van der Waals surface area contributed by atoms with Crippen LogP contribution in [0.1, 0.15) is 38.8 Å². The van der Waals surface area contributed by atoms with Gasteiger partial charge in [0.2, 0.25) is 0 Å². The minimum atomic E-state index is -4.74. The standard InChI is InChI=1S/C28H32F3N3O4/c1-19(2)33-22-9-14-25(32-17-22)34(18-21-7-12-24(13-8-21)38-28(29,30)31)16-15-20-5-10-23(11-6-20)37-27(3,4)26(35)36/h5-14,17,19,33H,15-16,18H2,1-4H3,(H,35,36). The van der Waals surface area contributed by atoms with Gasteiger partial charge in [0.1, 0.15) is 17.3 Å². The lowest BCUT2D eigenvalue weighted by Gasteiger charge is -2.25. The number of pyridine rings is 1. The van der Waals surface area contributed by atoms with E-state index in [0.29, 0.717) is 25.3 Å². The maximum absolute atomic E-state index is 12.5. The van der Waals surface area contributed by atoms with Crippen molar-refractivity contribution in [3.8, 4) is 11.5 Å². The highest BCUT2D eigenvalue weighted by Gasteiger charge is 2.31.